The normalized spacial score (nSPS) is 11.0. The molecule has 0 aliphatic rings. The zero-order chi connectivity index (χ0) is 14.9. The van der Waals surface area contributed by atoms with Crippen molar-refractivity contribution in [1.29, 1.82) is 0 Å². The van der Waals surface area contributed by atoms with Crippen LogP contribution in [0.2, 0.25) is 0 Å². The quantitative estimate of drug-likeness (QED) is 0.769. The largest absolute Gasteiger partial charge is 0.492 e. The Labute approximate surface area is 131 Å². The highest BCUT2D eigenvalue weighted by Gasteiger charge is 2.01. The number of hydrogen-bond acceptors (Lipinski definition) is 4. The Kier molecular flexibility index (Phi) is 6.73. The second-order valence-corrected chi connectivity index (χ2v) is 5.92. The summed E-state index contributed by atoms with van der Waals surface area (Å²) in [6.45, 7) is 6.65. The summed E-state index contributed by atoms with van der Waals surface area (Å²) in [6.07, 6.45) is 0. The van der Waals surface area contributed by atoms with Crippen molar-refractivity contribution in [3.63, 3.8) is 0 Å². The fraction of sp³-hybridized carbons (Fsp3) is 0.412. The van der Waals surface area contributed by atoms with Gasteiger partial charge in [-0.1, -0.05) is 19.1 Å². The van der Waals surface area contributed by atoms with Crippen LogP contribution in [0.5, 0.6) is 5.75 Å². The second kappa shape index (κ2) is 8.82. The van der Waals surface area contributed by atoms with Gasteiger partial charge in [0.2, 0.25) is 0 Å². The Morgan fingerprint density at radius 1 is 1.14 bits per heavy atom. The molecule has 0 spiro atoms. The number of likely N-dealkylation sites (N-methyl/N-ethyl adjacent to an activating group) is 1. The third-order valence-electron chi connectivity index (χ3n) is 3.28. The Morgan fingerprint density at radius 3 is 2.62 bits per heavy atom. The van der Waals surface area contributed by atoms with Crippen LogP contribution in [0.15, 0.2) is 41.1 Å². The third-order valence-corrected chi connectivity index (χ3v) is 4.01. The predicted octanol–water partition coefficient (Wildman–Crippen LogP) is 3.37. The van der Waals surface area contributed by atoms with E-state index in [2.05, 4.69) is 53.1 Å². The maximum Gasteiger partial charge on any atom is 0.119 e. The molecule has 0 atom stereocenters. The van der Waals surface area contributed by atoms with E-state index >= 15 is 0 Å². The van der Waals surface area contributed by atoms with Gasteiger partial charge in [-0.15, -0.1) is 0 Å². The lowest BCUT2D eigenvalue weighted by Gasteiger charge is -2.16. The first-order valence-electron chi connectivity index (χ1n) is 7.40. The molecule has 0 bridgehead atoms. The summed E-state index contributed by atoms with van der Waals surface area (Å²) in [4.78, 5) is 2.28. The van der Waals surface area contributed by atoms with Crippen molar-refractivity contribution < 1.29 is 4.74 Å². The van der Waals surface area contributed by atoms with E-state index in [0.717, 1.165) is 31.9 Å². The van der Waals surface area contributed by atoms with Gasteiger partial charge in [0, 0.05) is 19.6 Å². The Morgan fingerprint density at radius 2 is 1.95 bits per heavy atom. The molecule has 0 unspecified atom stereocenters. The van der Waals surface area contributed by atoms with Gasteiger partial charge in [0.25, 0.3) is 0 Å². The average molecular weight is 304 g/mol. The molecule has 2 rings (SSSR count). The van der Waals surface area contributed by atoms with Gasteiger partial charge in [0.05, 0.1) is 0 Å². The summed E-state index contributed by atoms with van der Waals surface area (Å²) in [5, 5.41) is 7.63. The molecule has 4 heteroatoms. The van der Waals surface area contributed by atoms with Crippen molar-refractivity contribution in [2.45, 2.75) is 20.0 Å². The molecule has 21 heavy (non-hydrogen) atoms. The number of rotatable bonds is 9. The molecule has 3 nitrogen and oxygen atoms in total. The maximum absolute atomic E-state index is 5.80. The van der Waals surface area contributed by atoms with E-state index in [1.165, 1.54) is 11.1 Å². The van der Waals surface area contributed by atoms with Gasteiger partial charge in [-0.05, 0) is 53.7 Å². The molecule has 0 amide bonds. The van der Waals surface area contributed by atoms with Crippen molar-refractivity contribution >= 4 is 11.3 Å². The fourth-order valence-electron chi connectivity index (χ4n) is 2.07. The Balaban J connectivity index is 1.68. The van der Waals surface area contributed by atoms with E-state index in [0.29, 0.717) is 6.61 Å². The minimum absolute atomic E-state index is 0.715. The van der Waals surface area contributed by atoms with Gasteiger partial charge in [0.1, 0.15) is 12.4 Å². The molecular weight excluding hydrogens is 280 g/mol. The summed E-state index contributed by atoms with van der Waals surface area (Å²) >= 11 is 1.75. The van der Waals surface area contributed by atoms with Crippen LogP contribution in [-0.2, 0) is 13.1 Å². The molecule has 0 radical (unpaired) electrons. The Bertz CT molecular complexity index is 496. The van der Waals surface area contributed by atoms with Crippen molar-refractivity contribution in [1.82, 2.24) is 10.2 Å². The molecule has 0 fully saturated rings. The first kappa shape index (κ1) is 16.0. The van der Waals surface area contributed by atoms with E-state index in [-0.39, 0.29) is 0 Å². The molecule has 0 aliphatic heterocycles. The standard InChI is InChI=1S/C17H24N2OS/c1-3-18-12-15-4-6-17(7-5-15)20-10-9-19(2)13-16-8-11-21-14-16/h4-8,11,14,18H,3,9-10,12-13H2,1-2H3. The van der Waals surface area contributed by atoms with Gasteiger partial charge >= 0.3 is 0 Å². The van der Waals surface area contributed by atoms with Crippen LogP contribution in [0, 0.1) is 0 Å². The van der Waals surface area contributed by atoms with Crippen LogP contribution < -0.4 is 10.1 Å². The second-order valence-electron chi connectivity index (χ2n) is 5.14. The predicted molar refractivity (Wildman–Crippen MR) is 90.0 cm³/mol. The lowest BCUT2D eigenvalue weighted by Crippen LogP contribution is -2.23. The monoisotopic (exact) mass is 304 g/mol. The van der Waals surface area contributed by atoms with Crippen LogP contribution in [0.3, 0.4) is 0 Å². The zero-order valence-corrected chi connectivity index (χ0v) is 13.7. The number of benzene rings is 1. The van der Waals surface area contributed by atoms with Gasteiger partial charge in [-0.2, -0.15) is 11.3 Å². The number of ether oxygens (including phenoxy) is 1. The van der Waals surface area contributed by atoms with Crippen LogP contribution in [0.1, 0.15) is 18.1 Å². The van der Waals surface area contributed by atoms with E-state index in [9.17, 15) is 0 Å². The van der Waals surface area contributed by atoms with Crippen LogP contribution in [0.4, 0.5) is 0 Å². The summed E-state index contributed by atoms with van der Waals surface area (Å²) < 4.78 is 5.80. The van der Waals surface area contributed by atoms with Crippen LogP contribution >= 0.6 is 11.3 Å². The fourth-order valence-corrected chi connectivity index (χ4v) is 2.73. The smallest absolute Gasteiger partial charge is 0.119 e. The molecule has 1 N–H and O–H groups in total. The van der Waals surface area contributed by atoms with Crippen LogP contribution in [-0.4, -0.2) is 31.6 Å². The number of nitrogens with one attached hydrogen (secondary N) is 1. The number of nitrogens with zero attached hydrogens (tertiary/aromatic N) is 1. The number of hydrogen-bond donors (Lipinski definition) is 1. The first-order valence-corrected chi connectivity index (χ1v) is 8.34. The molecule has 0 saturated carbocycles. The molecule has 0 aliphatic carbocycles. The van der Waals surface area contributed by atoms with Crippen molar-refractivity contribution in [2.24, 2.45) is 0 Å². The van der Waals surface area contributed by atoms with E-state index in [1.54, 1.807) is 11.3 Å². The van der Waals surface area contributed by atoms with E-state index in [4.69, 9.17) is 4.74 Å². The van der Waals surface area contributed by atoms with Crippen molar-refractivity contribution in [2.75, 3.05) is 26.7 Å². The molecule has 1 aromatic heterocycles. The van der Waals surface area contributed by atoms with Gasteiger partial charge in [-0.3, -0.25) is 4.90 Å². The highest BCUT2D eigenvalue weighted by atomic mass is 32.1. The van der Waals surface area contributed by atoms with Gasteiger partial charge < -0.3 is 10.1 Å². The lowest BCUT2D eigenvalue weighted by atomic mass is 10.2. The van der Waals surface area contributed by atoms with Gasteiger partial charge in [0.15, 0.2) is 0 Å². The summed E-state index contributed by atoms with van der Waals surface area (Å²) in [7, 11) is 2.13. The molecule has 1 aromatic carbocycles. The van der Waals surface area contributed by atoms with Crippen molar-refractivity contribution in [3.05, 3.63) is 52.2 Å². The van der Waals surface area contributed by atoms with E-state index < -0.39 is 0 Å². The van der Waals surface area contributed by atoms with Crippen molar-refractivity contribution in [3.8, 4) is 5.75 Å². The maximum atomic E-state index is 5.80. The molecular formula is C17H24N2OS. The average Bonchev–Trinajstić information content (AvgIpc) is 2.99. The first-order chi connectivity index (χ1) is 10.3. The summed E-state index contributed by atoms with van der Waals surface area (Å²) in [5.41, 5.74) is 2.66. The molecule has 1 heterocycles. The van der Waals surface area contributed by atoms with Crippen LogP contribution in [0.25, 0.3) is 0 Å². The molecule has 2 aromatic rings. The summed E-state index contributed by atoms with van der Waals surface area (Å²) in [5.74, 6) is 0.944. The van der Waals surface area contributed by atoms with E-state index in [1.807, 2.05) is 12.1 Å². The lowest BCUT2D eigenvalue weighted by molar-refractivity contribution is 0.233. The summed E-state index contributed by atoms with van der Waals surface area (Å²) in [6, 6.07) is 10.5. The number of thiophene rings is 1. The third kappa shape index (κ3) is 5.87. The Hall–Kier alpha value is -1.36. The molecule has 114 valence electrons. The topological polar surface area (TPSA) is 24.5 Å². The van der Waals surface area contributed by atoms with Gasteiger partial charge in [-0.25, -0.2) is 0 Å². The minimum Gasteiger partial charge on any atom is -0.492 e. The zero-order valence-electron chi connectivity index (χ0n) is 12.8. The highest BCUT2D eigenvalue weighted by Crippen LogP contribution is 2.12. The minimum atomic E-state index is 0.715. The molecule has 0 saturated heterocycles. The SMILES string of the molecule is CCNCc1ccc(OCCN(C)Cc2ccsc2)cc1. The highest BCUT2D eigenvalue weighted by molar-refractivity contribution is 7.07.